The Labute approximate surface area is 119 Å². The first-order valence-corrected chi connectivity index (χ1v) is 6.88. The van der Waals surface area contributed by atoms with E-state index >= 15 is 0 Å². The molecule has 3 nitrogen and oxygen atoms in total. The van der Waals surface area contributed by atoms with Crippen molar-refractivity contribution in [3.63, 3.8) is 0 Å². The van der Waals surface area contributed by atoms with Crippen LogP contribution in [0.2, 0.25) is 0 Å². The van der Waals surface area contributed by atoms with Crippen LogP contribution < -0.4 is 9.47 Å². The number of rotatable bonds is 5. The standard InChI is InChI=1S/C17H20O3/c1-19-15-10-8-14(17(12-15)20-2)9-11-16(18)13-6-4-3-5-7-13/h6,8-12H,3-5,7H2,1-2H3/b11-9+. The number of hydrogen-bond donors (Lipinski definition) is 0. The average Bonchev–Trinajstić information content (AvgIpc) is 2.53. The fourth-order valence-electron chi connectivity index (χ4n) is 2.29. The first-order valence-electron chi connectivity index (χ1n) is 6.88. The molecule has 2 rings (SSSR count). The van der Waals surface area contributed by atoms with Crippen molar-refractivity contribution in [2.75, 3.05) is 14.2 Å². The molecule has 0 aromatic heterocycles. The van der Waals surface area contributed by atoms with E-state index in [9.17, 15) is 4.79 Å². The van der Waals surface area contributed by atoms with Gasteiger partial charge in [-0.25, -0.2) is 0 Å². The summed E-state index contributed by atoms with van der Waals surface area (Å²) in [6, 6.07) is 5.55. The van der Waals surface area contributed by atoms with E-state index in [1.807, 2.05) is 18.2 Å². The highest BCUT2D eigenvalue weighted by molar-refractivity contribution is 6.06. The van der Waals surface area contributed by atoms with Gasteiger partial charge in [0.15, 0.2) is 5.78 Å². The highest BCUT2D eigenvalue weighted by Gasteiger charge is 2.10. The van der Waals surface area contributed by atoms with Crippen molar-refractivity contribution in [1.29, 1.82) is 0 Å². The molecule has 0 saturated heterocycles. The molecule has 0 radical (unpaired) electrons. The normalized spacial score (nSPS) is 15.0. The van der Waals surface area contributed by atoms with E-state index in [4.69, 9.17) is 9.47 Å². The van der Waals surface area contributed by atoms with E-state index in [0.717, 1.165) is 36.1 Å². The third kappa shape index (κ3) is 3.50. The van der Waals surface area contributed by atoms with E-state index < -0.39 is 0 Å². The van der Waals surface area contributed by atoms with Crippen LogP contribution in [0.4, 0.5) is 0 Å². The van der Waals surface area contributed by atoms with Gasteiger partial charge >= 0.3 is 0 Å². The van der Waals surface area contributed by atoms with Crippen molar-refractivity contribution in [1.82, 2.24) is 0 Å². The first-order chi connectivity index (χ1) is 9.74. The number of hydrogen-bond acceptors (Lipinski definition) is 3. The highest BCUT2D eigenvalue weighted by atomic mass is 16.5. The van der Waals surface area contributed by atoms with E-state index in [-0.39, 0.29) is 5.78 Å². The van der Waals surface area contributed by atoms with Gasteiger partial charge in [0.1, 0.15) is 11.5 Å². The Morgan fingerprint density at radius 3 is 2.70 bits per heavy atom. The molecule has 1 aliphatic rings. The van der Waals surface area contributed by atoms with Crippen molar-refractivity contribution >= 4 is 11.9 Å². The van der Waals surface area contributed by atoms with E-state index in [2.05, 4.69) is 6.08 Å². The minimum Gasteiger partial charge on any atom is -0.497 e. The van der Waals surface area contributed by atoms with Crippen LogP contribution in [0, 0.1) is 0 Å². The fourth-order valence-corrected chi connectivity index (χ4v) is 2.29. The monoisotopic (exact) mass is 272 g/mol. The molecule has 0 saturated carbocycles. The number of benzene rings is 1. The molecule has 0 heterocycles. The zero-order chi connectivity index (χ0) is 14.4. The van der Waals surface area contributed by atoms with Gasteiger partial charge in [0, 0.05) is 11.6 Å². The molecule has 0 bridgehead atoms. The van der Waals surface area contributed by atoms with Crippen LogP contribution in [-0.2, 0) is 4.79 Å². The molecule has 1 aromatic rings. The maximum atomic E-state index is 12.1. The summed E-state index contributed by atoms with van der Waals surface area (Å²) in [7, 11) is 3.22. The molecule has 0 N–H and O–H groups in total. The lowest BCUT2D eigenvalue weighted by atomic mass is 9.96. The number of methoxy groups -OCH3 is 2. The van der Waals surface area contributed by atoms with Crippen molar-refractivity contribution in [3.8, 4) is 11.5 Å². The van der Waals surface area contributed by atoms with E-state index in [1.54, 1.807) is 26.4 Å². The van der Waals surface area contributed by atoms with Crippen molar-refractivity contribution in [3.05, 3.63) is 41.5 Å². The van der Waals surface area contributed by atoms with Crippen LogP contribution >= 0.6 is 0 Å². The minimum absolute atomic E-state index is 0.0996. The quantitative estimate of drug-likeness (QED) is 0.765. The Morgan fingerprint density at radius 2 is 2.05 bits per heavy atom. The van der Waals surface area contributed by atoms with Crippen molar-refractivity contribution in [2.45, 2.75) is 25.7 Å². The summed E-state index contributed by atoms with van der Waals surface area (Å²) in [4.78, 5) is 12.1. The average molecular weight is 272 g/mol. The molecule has 20 heavy (non-hydrogen) atoms. The number of carbonyl (C=O) groups is 1. The second-order valence-corrected chi connectivity index (χ2v) is 4.78. The maximum Gasteiger partial charge on any atom is 0.181 e. The zero-order valence-corrected chi connectivity index (χ0v) is 12.0. The summed E-state index contributed by atoms with van der Waals surface area (Å²) in [5.41, 5.74) is 1.80. The second kappa shape index (κ2) is 6.94. The van der Waals surface area contributed by atoms with Gasteiger partial charge in [0.05, 0.1) is 14.2 Å². The van der Waals surface area contributed by atoms with Crippen LogP contribution in [0.5, 0.6) is 11.5 Å². The third-order valence-electron chi connectivity index (χ3n) is 3.46. The smallest absolute Gasteiger partial charge is 0.181 e. The predicted octanol–water partition coefficient (Wildman–Crippen LogP) is 3.79. The number of ether oxygens (including phenoxy) is 2. The highest BCUT2D eigenvalue weighted by Crippen LogP contribution is 2.26. The van der Waals surface area contributed by atoms with Crippen LogP contribution in [0.3, 0.4) is 0 Å². The molecule has 0 atom stereocenters. The maximum absolute atomic E-state index is 12.1. The van der Waals surface area contributed by atoms with E-state index in [0.29, 0.717) is 5.75 Å². The lowest BCUT2D eigenvalue weighted by molar-refractivity contribution is -0.111. The molecule has 0 amide bonds. The summed E-state index contributed by atoms with van der Waals surface area (Å²) < 4.78 is 10.5. The number of carbonyl (C=O) groups excluding carboxylic acids is 1. The van der Waals surface area contributed by atoms with Crippen molar-refractivity contribution in [2.24, 2.45) is 0 Å². The van der Waals surface area contributed by atoms with Crippen LogP contribution in [0.25, 0.3) is 6.08 Å². The van der Waals surface area contributed by atoms with Gasteiger partial charge in [-0.05, 0) is 55.5 Å². The summed E-state index contributed by atoms with van der Waals surface area (Å²) >= 11 is 0. The fraction of sp³-hybridized carbons (Fsp3) is 0.353. The summed E-state index contributed by atoms with van der Waals surface area (Å²) in [5, 5.41) is 0. The van der Waals surface area contributed by atoms with Gasteiger partial charge < -0.3 is 9.47 Å². The Bertz CT molecular complexity index is 541. The summed E-state index contributed by atoms with van der Waals surface area (Å²) in [5.74, 6) is 1.54. The molecule has 0 aliphatic heterocycles. The zero-order valence-electron chi connectivity index (χ0n) is 12.0. The molecule has 1 aromatic carbocycles. The molecule has 106 valence electrons. The van der Waals surface area contributed by atoms with Crippen LogP contribution in [0.1, 0.15) is 31.2 Å². The molecular formula is C17H20O3. The lowest BCUT2D eigenvalue weighted by Crippen LogP contribution is -2.02. The Morgan fingerprint density at radius 1 is 1.20 bits per heavy atom. The SMILES string of the molecule is COc1ccc(/C=C/C(=O)C2=CCCCC2)c(OC)c1. The van der Waals surface area contributed by atoms with Gasteiger partial charge in [-0.1, -0.05) is 6.08 Å². The number of allylic oxidation sites excluding steroid dienone is 3. The number of ketones is 1. The molecule has 1 aliphatic carbocycles. The van der Waals surface area contributed by atoms with Crippen LogP contribution in [0.15, 0.2) is 35.9 Å². The first kappa shape index (κ1) is 14.4. The van der Waals surface area contributed by atoms with Gasteiger partial charge in [-0.3, -0.25) is 4.79 Å². The lowest BCUT2D eigenvalue weighted by Gasteiger charge is -2.09. The third-order valence-corrected chi connectivity index (χ3v) is 3.46. The van der Waals surface area contributed by atoms with Gasteiger partial charge in [-0.2, -0.15) is 0 Å². The minimum atomic E-state index is 0.0996. The summed E-state index contributed by atoms with van der Waals surface area (Å²) in [6.07, 6.45) is 9.69. The predicted molar refractivity (Wildman–Crippen MR) is 80.1 cm³/mol. The molecule has 0 spiro atoms. The van der Waals surface area contributed by atoms with Gasteiger partial charge in [-0.15, -0.1) is 0 Å². The topological polar surface area (TPSA) is 35.5 Å². The molecular weight excluding hydrogens is 252 g/mol. The Hall–Kier alpha value is -2.03. The van der Waals surface area contributed by atoms with Gasteiger partial charge in [0.2, 0.25) is 0 Å². The largest absolute Gasteiger partial charge is 0.497 e. The van der Waals surface area contributed by atoms with Gasteiger partial charge in [0.25, 0.3) is 0 Å². The summed E-state index contributed by atoms with van der Waals surface area (Å²) in [6.45, 7) is 0. The molecule has 0 unspecified atom stereocenters. The van der Waals surface area contributed by atoms with Crippen molar-refractivity contribution < 1.29 is 14.3 Å². The molecule has 3 heteroatoms. The van der Waals surface area contributed by atoms with E-state index in [1.165, 1.54) is 6.42 Å². The Balaban J connectivity index is 2.14. The molecule has 0 fully saturated rings. The van der Waals surface area contributed by atoms with Crippen LogP contribution in [-0.4, -0.2) is 20.0 Å². The Kier molecular flexibility index (Phi) is 4.99. The second-order valence-electron chi connectivity index (χ2n) is 4.78.